The smallest absolute Gasteiger partial charge is 0.339 e. The van der Waals surface area contributed by atoms with Crippen molar-refractivity contribution in [3.8, 4) is 10.6 Å². The molecular weight excluding hydrogens is 364 g/mol. The van der Waals surface area contributed by atoms with Crippen LogP contribution in [0, 0.1) is 0 Å². The minimum atomic E-state index is -0.876. The summed E-state index contributed by atoms with van der Waals surface area (Å²) in [5, 5.41) is 9.60. The highest BCUT2D eigenvalue weighted by molar-refractivity contribution is 7.13. The van der Waals surface area contributed by atoms with Crippen molar-refractivity contribution in [2.45, 2.75) is 39.8 Å². The lowest BCUT2D eigenvalue weighted by molar-refractivity contribution is -0.129. The number of carbonyl (C=O) groups is 2. The summed E-state index contributed by atoms with van der Waals surface area (Å²) < 4.78 is 7.14. The summed E-state index contributed by atoms with van der Waals surface area (Å²) in [6.45, 7) is 6.67. The van der Waals surface area contributed by atoms with Crippen LogP contribution in [0.4, 0.5) is 0 Å². The topological polar surface area (TPSA) is 86.1 Å². The molecular formula is C19H22N4O3S. The molecule has 1 atom stereocenters. The minimum Gasteiger partial charge on any atom is -0.449 e. The zero-order chi connectivity index (χ0) is 19.4. The van der Waals surface area contributed by atoms with E-state index in [1.54, 1.807) is 35.2 Å². The number of hydrogen-bond donors (Lipinski definition) is 1. The summed E-state index contributed by atoms with van der Waals surface area (Å²) in [4.78, 5) is 30.4. The number of carbonyl (C=O) groups excluding carboxylic acids is 2. The number of esters is 1. The number of nitrogens with zero attached hydrogens (tertiary/aromatic N) is 3. The van der Waals surface area contributed by atoms with Crippen molar-refractivity contribution in [2.75, 3.05) is 6.54 Å². The number of rotatable bonds is 7. The molecule has 3 aromatic heterocycles. The molecule has 1 N–H and O–H groups in total. The number of thiophene rings is 1. The third-order valence-corrected chi connectivity index (χ3v) is 5.00. The number of hydrogen-bond acceptors (Lipinski definition) is 6. The van der Waals surface area contributed by atoms with Crippen LogP contribution in [0.1, 0.15) is 37.6 Å². The predicted octanol–water partition coefficient (Wildman–Crippen LogP) is 3.25. The standard InChI is InChI=1S/C19H22N4O3S/c1-4-8-20-18(24)12(3)26-19(25)13-10-15(16-7-6-9-27-16)22-17-14(13)11-21-23(17)5-2/h6-7,9-12H,4-5,8H2,1-3H3,(H,20,24)/t12-/m1/s1. The first-order valence-electron chi connectivity index (χ1n) is 8.94. The van der Waals surface area contributed by atoms with Crippen molar-refractivity contribution in [2.24, 2.45) is 0 Å². The lowest BCUT2D eigenvalue weighted by atomic mass is 10.1. The third kappa shape index (κ3) is 4.00. The summed E-state index contributed by atoms with van der Waals surface area (Å²) in [6, 6.07) is 5.58. The molecule has 0 saturated heterocycles. The van der Waals surface area contributed by atoms with Gasteiger partial charge in [-0.1, -0.05) is 13.0 Å². The van der Waals surface area contributed by atoms with E-state index in [0.717, 1.165) is 11.3 Å². The van der Waals surface area contributed by atoms with Gasteiger partial charge in [0.2, 0.25) is 0 Å². The number of ether oxygens (including phenoxy) is 1. The van der Waals surface area contributed by atoms with E-state index in [-0.39, 0.29) is 5.91 Å². The van der Waals surface area contributed by atoms with Crippen LogP contribution in [0.25, 0.3) is 21.6 Å². The van der Waals surface area contributed by atoms with Crippen LogP contribution < -0.4 is 5.32 Å². The Hall–Kier alpha value is -2.74. The fraction of sp³-hybridized carbons (Fsp3) is 0.368. The van der Waals surface area contributed by atoms with E-state index in [0.29, 0.717) is 35.4 Å². The Balaban J connectivity index is 1.96. The van der Waals surface area contributed by atoms with Gasteiger partial charge in [0.15, 0.2) is 11.8 Å². The van der Waals surface area contributed by atoms with Gasteiger partial charge in [0.1, 0.15) is 0 Å². The predicted molar refractivity (Wildman–Crippen MR) is 105 cm³/mol. The Morgan fingerprint density at radius 3 is 2.85 bits per heavy atom. The lowest BCUT2D eigenvalue weighted by Crippen LogP contribution is -2.36. The quantitative estimate of drug-likeness (QED) is 0.630. The summed E-state index contributed by atoms with van der Waals surface area (Å²) in [5.41, 5.74) is 1.67. The van der Waals surface area contributed by atoms with Gasteiger partial charge in [0.25, 0.3) is 5.91 Å². The number of nitrogens with one attached hydrogen (secondary N) is 1. The van der Waals surface area contributed by atoms with Crippen LogP contribution in [0.2, 0.25) is 0 Å². The number of aryl methyl sites for hydroxylation is 1. The Labute approximate surface area is 161 Å². The molecule has 0 radical (unpaired) electrons. The SMILES string of the molecule is CCCNC(=O)[C@@H](C)OC(=O)c1cc(-c2cccs2)nc2c1cnn2CC. The molecule has 1 amide bonds. The number of amides is 1. The van der Waals surface area contributed by atoms with Crippen molar-refractivity contribution < 1.29 is 14.3 Å². The van der Waals surface area contributed by atoms with Gasteiger partial charge in [-0.3, -0.25) is 4.79 Å². The van der Waals surface area contributed by atoms with Crippen molar-refractivity contribution in [3.05, 3.63) is 35.3 Å². The van der Waals surface area contributed by atoms with Crippen LogP contribution in [0.15, 0.2) is 29.8 Å². The molecule has 0 aliphatic heterocycles. The fourth-order valence-electron chi connectivity index (χ4n) is 2.67. The molecule has 0 saturated carbocycles. The zero-order valence-corrected chi connectivity index (χ0v) is 16.4. The Kier molecular flexibility index (Phi) is 5.85. The first-order valence-corrected chi connectivity index (χ1v) is 9.82. The second kappa shape index (κ2) is 8.30. The van der Waals surface area contributed by atoms with Crippen LogP contribution in [0.3, 0.4) is 0 Å². The van der Waals surface area contributed by atoms with E-state index in [2.05, 4.69) is 15.4 Å². The first-order chi connectivity index (χ1) is 13.0. The molecule has 7 nitrogen and oxygen atoms in total. The van der Waals surface area contributed by atoms with Crippen LogP contribution in [-0.4, -0.2) is 39.3 Å². The molecule has 3 rings (SSSR count). The molecule has 0 unspecified atom stereocenters. The summed E-state index contributed by atoms with van der Waals surface area (Å²) in [5.74, 6) is -0.867. The number of aromatic nitrogens is 3. The Morgan fingerprint density at radius 1 is 1.37 bits per heavy atom. The van der Waals surface area contributed by atoms with E-state index < -0.39 is 12.1 Å². The van der Waals surface area contributed by atoms with E-state index in [1.165, 1.54) is 0 Å². The lowest BCUT2D eigenvalue weighted by Gasteiger charge is -2.14. The summed E-state index contributed by atoms with van der Waals surface area (Å²) >= 11 is 1.54. The Bertz CT molecular complexity index is 949. The number of pyridine rings is 1. The maximum Gasteiger partial charge on any atom is 0.339 e. The van der Waals surface area contributed by atoms with Crippen molar-refractivity contribution in [1.82, 2.24) is 20.1 Å². The molecule has 0 aromatic carbocycles. The second-order valence-corrected chi connectivity index (χ2v) is 7.02. The van der Waals surface area contributed by atoms with Gasteiger partial charge in [-0.2, -0.15) is 5.10 Å². The minimum absolute atomic E-state index is 0.307. The fourth-order valence-corrected chi connectivity index (χ4v) is 3.35. The molecule has 142 valence electrons. The van der Waals surface area contributed by atoms with Gasteiger partial charge >= 0.3 is 5.97 Å². The number of fused-ring (bicyclic) bond motifs is 1. The van der Waals surface area contributed by atoms with E-state index in [1.807, 2.05) is 31.4 Å². The Morgan fingerprint density at radius 2 is 2.19 bits per heavy atom. The van der Waals surface area contributed by atoms with Crippen LogP contribution in [-0.2, 0) is 16.1 Å². The third-order valence-electron chi connectivity index (χ3n) is 4.10. The average molecular weight is 386 g/mol. The maximum absolute atomic E-state index is 12.8. The maximum atomic E-state index is 12.8. The molecule has 0 fully saturated rings. The van der Waals surface area contributed by atoms with Crippen molar-refractivity contribution in [1.29, 1.82) is 0 Å². The molecule has 0 spiro atoms. The van der Waals surface area contributed by atoms with E-state index >= 15 is 0 Å². The molecule has 8 heteroatoms. The van der Waals surface area contributed by atoms with Crippen LogP contribution >= 0.6 is 11.3 Å². The summed E-state index contributed by atoms with van der Waals surface area (Å²) in [7, 11) is 0. The van der Waals surface area contributed by atoms with Gasteiger partial charge in [-0.15, -0.1) is 11.3 Å². The highest BCUT2D eigenvalue weighted by Gasteiger charge is 2.23. The largest absolute Gasteiger partial charge is 0.449 e. The van der Waals surface area contributed by atoms with Gasteiger partial charge in [-0.05, 0) is 37.8 Å². The van der Waals surface area contributed by atoms with E-state index in [9.17, 15) is 9.59 Å². The highest BCUT2D eigenvalue weighted by atomic mass is 32.1. The molecule has 0 bridgehead atoms. The molecule has 3 aromatic rings. The van der Waals surface area contributed by atoms with Gasteiger partial charge in [0, 0.05) is 13.1 Å². The van der Waals surface area contributed by atoms with E-state index in [4.69, 9.17) is 4.74 Å². The van der Waals surface area contributed by atoms with Crippen molar-refractivity contribution in [3.63, 3.8) is 0 Å². The van der Waals surface area contributed by atoms with Gasteiger partial charge in [0.05, 0.1) is 27.7 Å². The zero-order valence-electron chi connectivity index (χ0n) is 15.6. The highest BCUT2D eigenvalue weighted by Crippen LogP contribution is 2.28. The van der Waals surface area contributed by atoms with Crippen molar-refractivity contribution >= 4 is 34.2 Å². The molecule has 27 heavy (non-hydrogen) atoms. The first kappa shape index (κ1) is 19.0. The monoisotopic (exact) mass is 386 g/mol. The summed E-state index contributed by atoms with van der Waals surface area (Å²) in [6.07, 6.45) is 1.55. The second-order valence-electron chi connectivity index (χ2n) is 6.07. The normalized spacial score (nSPS) is 12.1. The van der Waals surface area contributed by atoms with Gasteiger partial charge in [-0.25, -0.2) is 14.5 Å². The van der Waals surface area contributed by atoms with Crippen LogP contribution in [0.5, 0.6) is 0 Å². The molecule has 0 aliphatic rings. The molecule has 0 aliphatic carbocycles. The average Bonchev–Trinajstić information content (AvgIpc) is 3.34. The molecule has 3 heterocycles. The van der Waals surface area contributed by atoms with Gasteiger partial charge < -0.3 is 10.1 Å².